The summed E-state index contributed by atoms with van der Waals surface area (Å²) >= 11 is 1.26. The van der Waals surface area contributed by atoms with E-state index in [0.717, 1.165) is 16.5 Å². The quantitative estimate of drug-likeness (QED) is 0.667. The van der Waals surface area contributed by atoms with E-state index in [2.05, 4.69) is 15.5 Å². The zero-order chi connectivity index (χ0) is 18.7. The first-order valence-electron chi connectivity index (χ1n) is 8.21. The molecule has 26 heavy (non-hydrogen) atoms. The minimum Gasteiger partial charge on any atom is -0.466 e. The Balaban J connectivity index is 1.66. The average Bonchev–Trinajstić information content (AvgIpc) is 3.15. The lowest BCUT2D eigenvalue weighted by Crippen LogP contribution is -2.15. The molecule has 1 N–H and O–H groups in total. The zero-order valence-electron chi connectivity index (χ0n) is 14.8. The summed E-state index contributed by atoms with van der Waals surface area (Å²) in [5, 5.41) is 9.78. The molecule has 0 spiro atoms. The summed E-state index contributed by atoms with van der Waals surface area (Å²) in [6.45, 7) is 6.02. The molecular formula is C18H19N3O4S. The van der Waals surface area contributed by atoms with Gasteiger partial charge in [-0.2, -0.15) is 0 Å². The highest BCUT2D eigenvalue weighted by atomic mass is 32.1. The van der Waals surface area contributed by atoms with Gasteiger partial charge in [-0.05, 0) is 38.0 Å². The van der Waals surface area contributed by atoms with Gasteiger partial charge in [0.25, 0.3) is 0 Å². The molecule has 0 saturated carbocycles. The molecule has 8 heteroatoms. The Hall–Kier alpha value is -2.74. The molecule has 136 valence electrons. The van der Waals surface area contributed by atoms with Crippen molar-refractivity contribution in [2.45, 2.75) is 33.6 Å². The first-order valence-corrected chi connectivity index (χ1v) is 9.09. The van der Waals surface area contributed by atoms with Gasteiger partial charge < -0.3 is 14.6 Å². The van der Waals surface area contributed by atoms with Crippen LogP contribution in [-0.2, 0) is 27.2 Å². The average molecular weight is 373 g/mol. The number of ether oxygens (including phenoxy) is 1. The number of benzene rings is 1. The summed E-state index contributed by atoms with van der Waals surface area (Å²) in [5.74, 6) is -0.577. The number of nitrogens with zero attached hydrogens (tertiary/aromatic N) is 2. The van der Waals surface area contributed by atoms with Crippen molar-refractivity contribution in [2.24, 2.45) is 0 Å². The topological polar surface area (TPSA) is 94.3 Å². The van der Waals surface area contributed by atoms with Crippen LogP contribution in [0.4, 0.5) is 5.13 Å². The Bertz CT molecular complexity index is 961. The lowest BCUT2D eigenvalue weighted by molar-refractivity contribution is -0.142. The number of rotatable bonds is 6. The highest BCUT2D eigenvalue weighted by Crippen LogP contribution is 2.24. The third-order valence-electron chi connectivity index (χ3n) is 3.73. The van der Waals surface area contributed by atoms with Crippen LogP contribution in [-0.4, -0.2) is 28.6 Å². The fourth-order valence-electron chi connectivity index (χ4n) is 2.69. The summed E-state index contributed by atoms with van der Waals surface area (Å²) < 4.78 is 10.2. The van der Waals surface area contributed by atoms with Gasteiger partial charge in [-0.25, -0.2) is 4.98 Å². The van der Waals surface area contributed by atoms with Gasteiger partial charge in [0.15, 0.2) is 10.7 Å². The number of esters is 1. The van der Waals surface area contributed by atoms with Crippen molar-refractivity contribution in [3.8, 4) is 0 Å². The number of hydrogen-bond donors (Lipinski definition) is 1. The maximum atomic E-state index is 12.3. The predicted octanol–water partition coefficient (Wildman–Crippen LogP) is 3.19. The number of aryl methyl sites for hydroxylation is 2. The van der Waals surface area contributed by atoms with Crippen LogP contribution < -0.4 is 5.32 Å². The maximum Gasteiger partial charge on any atom is 0.311 e. The lowest BCUT2D eigenvalue weighted by atomic mass is 10.1. The molecule has 2 heterocycles. The van der Waals surface area contributed by atoms with Crippen LogP contribution in [0.3, 0.4) is 0 Å². The number of hydrogen-bond acceptors (Lipinski definition) is 7. The minimum atomic E-state index is -0.338. The van der Waals surface area contributed by atoms with E-state index in [1.165, 1.54) is 11.3 Å². The van der Waals surface area contributed by atoms with Gasteiger partial charge in [-0.3, -0.25) is 9.59 Å². The molecule has 3 rings (SSSR count). The summed E-state index contributed by atoms with van der Waals surface area (Å²) in [4.78, 5) is 28.0. The maximum absolute atomic E-state index is 12.3. The molecule has 0 aliphatic heterocycles. The van der Waals surface area contributed by atoms with Gasteiger partial charge in [-0.1, -0.05) is 11.2 Å². The number of anilines is 1. The third-order valence-corrected chi connectivity index (χ3v) is 4.54. The number of amides is 1. The normalized spacial score (nSPS) is 10.9. The minimum absolute atomic E-state index is 0.0860. The molecule has 7 nitrogen and oxygen atoms in total. The number of fused-ring (bicyclic) bond motifs is 1. The number of aromatic nitrogens is 2. The first kappa shape index (κ1) is 18.1. The summed E-state index contributed by atoms with van der Waals surface area (Å²) in [5.41, 5.74) is 3.94. The van der Waals surface area contributed by atoms with E-state index in [9.17, 15) is 9.59 Å². The second-order valence-electron chi connectivity index (χ2n) is 5.94. The van der Waals surface area contributed by atoms with Crippen LogP contribution in [0.25, 0.3) is 11.0 Å². The van der Waals surface area contributed by atoms with Crippen molar-refractivity contribution >= 4 is 39.3 Å². The molecule has 0 bridgehead atoms. The number of carbonyl (C=O) groups is 2. The van der Waals surface area contributed by atoms with Crippen molar-refractivity contribution in [1.29, 1.82) is 0 Å². The van der Waals surface area contributed by atoms with Crippen molar-refractivity contribution in [3.63, 3.8) is 0 Å². The lowest BCUT2D eigenvalue weighted by Gasteiger charge is -2.01. The van der Waals surface area contributed by atoms with Gasteiger partial charge in [0.1, 0.15) is 5.69 Å². The zero-order valence-corrected chi connectivity index (χ0v) is 15.6. The monoisotopic (exact) mass is 373 g/mol. The molecule has 0 unspecified atom stereocenters. The molecule has 0 radical (unpaired) electrons. The first-order chi connectivity index (χ1) is 12.5. The van der Waals surface area contributed by atoms with E-state index < -0.39 is 0 Å². The fourth-order valence-corrected chi connectivity index (χ4v) is 3.41. The van der Waals surface area contributed by atoms with Gasteiger partial charge >= 0.3 is 5.97 Å². The van der Waals surface area contributed by atoms with E-state index in [1.54, 1.807) is 12.3 Å². The Labute approximate surface area is 154 Å². The molecular weight excluding hydrogens is 354 g/mol. The fraction of sp³-hybridized carbons (Fsp3) is 0.333. The SMILES string of the molecule is CCOC(=O)Cc1csc(NC(=O)Cc2noc3c(C)cc(C)cc23)n1. The standard InChI is InChI=1S/C18H19N3O4S/c1-4-24-16(23)7-12-9-26-18(19-12)20-15(22)8-14-13-6-10(2)5-11(3)17(13)25-21-14/h5-6,9H,4,7-8H2,1-3H3,(H,19,20,22). The predicted molar refractivity (Wildman–Crippen MR) is 98.3 cm³/mol. The smallest absolute Gasteiger partial charge is 0.311 e. The molecule has 0 aliphatic carbocycles. The molecule has 0 fully saturated rings. The van der Waals surface area contributed by atoms with Gasteiger partial charge in [0.05, 0.1) is 25.1 Å². The molecule has 2 aromatic heterocycles. The number of carbonyl (C=O) groups excluding carboxylic acids is 2. The summed E-state index contributed by atoms with van der Waals surface area (Å²) in [7, 11) is 0. The van der Waals surface area contributed by atoms with Crippen LogP contribution in [0.1, 0.15) is 29.4 Å². The Morgan fingerprint density at radius 3 is 2.85 bits per heavy atom. The molecule has 0 saturated heterocycles. The van der Waals surface area contributed by atoms with E-state index in [1.807, 2.05) is 26.0 Å². The molecule has 0 atom stereocenters. The summed E-state index contributed by atoms with van der Waals surface area (Å²) in [6.07, 6.45) is 0.176. The van der Waals surface area contributed by atoms with E-state index in [-0.39, 0.29) is 24.7 Å². The van der Waals surface area contributed by atoms with Crippen LogP contribution in [0.2, 0.25) is 0 Å². The number of thiazole rings is 1. The van der Waals surface area contributed by atoms with Crippen LogP contribution in [0.15, 0.2) is 22.0 Å². The Morgan fingerprint density at radius 2 is 2.08 bits per heavy atom. The van der Waals surface area contributed by atoms with E-state index in [0.29, 0.717) is 28.7 Å². The molecule has 1 aromatic carbocycles. The largest absolute Gasteiger partial charge is 0.466 e. The van der Waals surface area contributed by atoms with Crippen molar-refractivity contribution in [1.82, 2.24) is 10.1 Å². The molecule has 1 amide bonds. The van der Waals surface area contributed by atoms with Crippen LogP contribution in [0, 0.1) is 13.8 Å². The van der Waals surface area contributed by atoms with Crippen molar-refractivity contribution in [3.05, 3.63) is 40.0 Å². The van der Waals surface area contributed by atoms with Crippen molar-refractivity contribution in [2.75, 3.05) is 11.9 Å². The summed E-state index contributed by atoms with van der Waals surface area (Å²) in [6, 6.07) is 3.97. The highest BCUT2D eigenvalue weighted by Gasteiger charge is 2.16. The van der Waals surface area contributed by atoms with Gasteiger partial charge in [0.2, 0.25) is 5.91 Å². The van der Waals surface area contributed by atoms with Crippen LogP contribution >= 0.6 is 11.3 Å². The Morgan fingerprint density at radius 1 is 1.27 bits per heavy atom. The second kappa shape index (κ2) is 7.65. The number of nitrogens with one attached hydrogen (secondary N) is 1. The molecule has 0 aliphatic rings. The molecule has 3 aromatic rings. The van der Waals surface area contributed by atoms with Crippen molar-refractivity contribution < 1.29 is 18.8 Å². The highest BCUT2D eigenvalue weighted by molar-refractivity contribution is 7.13. The van der Waals surface area contributed by atoms with E-state index in [4.69, 9.17) is 9.26 Å². The third kappa shape index (κ3) is 4.08. The second-order valence-corrected chi connectivity index (χ2v) is 6.80. The van der Waals surface area contributed by atoms with Crippen LogP contribution in [0.5, 0.6) is 0 Å². The van der Waals surface area contributed by atoms with E-state index >= 15 is 0 Å². The van der Waals surface area contributed by atoms with Gasteiger partial charge in [0, 0.05) is 10.8 Å². The van der Waals surface area contributed by atoms with Gasteiger partial charge in [-0.15, -0.1) is 11.3 Å². The Kier molecular flexibility index (Phi) is 5.32.